The minimum Gasteiger partial charge on any atom is -0.412 e. The molecule has 2 heteroatoms. The fourth-order valence-electron chi connectivity index (χ4n) is 1.45. The van der Waals surface area contributed by atoms with Gasteiger partial charge >= 0.3 is 0 Å². The third kappa shape index (κ3) is 2.82. The first kappa shape index (κ1) is 11.8. The summed E-state index contributed by atoms with van der Waals surface area (Å²) < 4.78 is 0. The molecule has 78 valence electrons. The second-order valence-corrected chi connectivity index (χ2v) is 5.32. The van der Waals surface area contributed by atoms with Gasteiger partial charge in [0.2, 0.25) is 0 Å². The molecular formula is C13H15OP. The van der Waals surface area contributed by atoms with Gasteiger partial charge in [0.15, 0.2) is 0 Å². The van der Waals surface area contributed by atoms with Crippen molar-refractivity contribution in [1.82, 2.24) is 0 Å². The first-order valence-electron chi connectivity index (χ1n) is 4.67. The molecule has 2 N–H and O–H groups in total. The molecule has 0 unspecified atom stereocenters. The van der Waals surface area contributed by atoms with Gasteiger partial charge in [0.1, 0.15) is 0 Å². The summed E-state index contributed by atoms with van der Waals surface area (Å²) in [5, 5.41) is 2.73. The summed E-state index contributed by atoms with van der Waals surface area (Å²) in [6, 6.07) is 21.0. The lowest BCUT2D eigenvalue weighted by Crippen LogP contribution is -2.05. The maximum atomic E-state index is 4.28. The van der Waals surface area contributed by atoms with E-state index >= 15 is 0 Å². The van der Waals surface area contributed by atoms with Gasteiger partial charge in [-0.05, 0) is 10.6 Å². The van der Waals surface area contributed by atoms with Gasteiger partial charge in [-0.1, -0.05) is 74.5 Å². The molecule has 0 heterocycles. The van der Waals surface area contributed by atoms with Crippen LogP contribution in [-0.2, 0) is 0 Å². The van der Waals surface area contributed by atoms with Gasteiger partial charge in [0, 0.05) is 0 Å². The minimum atomic E-state index is -0.795. The van der Waals surface area contributed by atoms with Gasteiger partial charge in [-0.15, -0.1) is 0 Å². The van der Waals surface area contributed by atoms with Crippen molar-refractivity contribution >= 4 is 24.5 Å². The van der Waals surface area contributed by atoms with Crippen molar-refractivity contribution in [1.29, 1.82) is 0 Å². The zero-order valence-corrected chi connectivity index (χ0v) is 9.48. The van der Waals surface area contributed by atoms with Crippen LogP contribution < -0.4 is 10.6 Å². The highest BCUT2D eigenvalue weighted by Gasteiger charge is 1.97. The number of hydrogen-bond donors (Lipinski definition) is 0. The van der Waals surface area contributed by atoms with Crippen LogP contribution in [0.2, 0.25) is 0 Å². The zero-order valence-electron chi connectivity index (χ0n) is 8.48. The van der Waals surface area contributed by atoms with E-state index in [-0.39, 0.29) is 5.48 Å². The molecule has 2 rings (SSSR count). The molecular weight excluding hydrogens is 203 g/mol. The Kier molecular flexibility index (Phi) is 4.36. The summed E-state index contributed by atoms with van der Waals surface area (Å²) in [7, 11) is -0.795. The molecule has 2 aromatic rings. The highest BCUT2D eigenvalue weighted by molar-refractivity contribution is 7.70. The lowest BCUT2D eigenvalue weighted by Gasteiger charge is -2.06. The minimum absolute atomic E-state index is 0. The first-order valence-corrected chi connectivity index (χ1v) is 6.38. The molecule has 0 saturated heterocycles. The largest absolute Gasteiger partial charge is 0.412 e. The molecule has 0 aromatic heterocycles. The fraction of sp³-hybridized carbons (Fsp3) is 0. The van der Waals surface area contributed by atoms with Gasteiger partial charge in [-0.25, -0.2) is 0 Å². The van der Waals surface area contributed by atoms with E-state index in [9.17, 15) is 0 Å². The molecule has 0 aliphatic heterocycles. The normalized spacial score (nSPS) is 9.67. The molecule has 0 amide bonds. The summed E-state index contributed by atoms with van der Waals surface area (Å²) in [5.74, 6) is 0. The molecule has 0 aliphatic rings. The molecule has 15 heavy (non-hydrogen) atoms. The second kappa shape index (κ2) is 5.55. The van der Waals surface area contributed by atoms with Crippen LogP contribution >= 0.6 is 7.55 Å². The SMILES string of the molecule is C=[PH](c1ccccc1)c1ccccc1.O. The Morgan fingerprint density at radius 1 is 0.667 bits per heavy atom. The van der Waals surface area contributed by atoms with E-state index in [2.05, 4.69) is 54.8 Å². The molecule has 0 fully saturated rings. The predicted octanol–water partition coefficient (Wildman–Crippen LogP) is 1.46. The van der Waals surface area contributed by atoms with Crippen LogP contribution in [-0.4, -0.2) is 11.8 Å². The molecule has 0 atom stereocenters. The summed E-state index contributed by atoms with van der Waals surface area (Å²) in [4.78, 5) is 0. The standard InChI is InChI=1S/C13H13P.H2O/c1-14(12-8-4-2-5-9-12)13-10-6-3-7-11-13;/h2-11,14H,1H2;1H2. The Morgan fingerprint density at radius 2 is 1.00 bits per heavy atom. The van der Waals surface area contributed by atoms with Gasteiger partial charge in [0.05, 0.1) is 0 Å². The van der Waals surface area contributed by atoms with E-state index in [1.165, 1.54) is 10.6 Å². The highest BCUT2D eigenvalue weighted by atomic mass is 31.1. The zero-order chi connectivity index (χ0) is 9.80. The van der Waals surface area contributed by atoms with Crippen molar-refractivity contribution in [2.75, 3.05) is 0 Å². The van der Waals surface area contributed by atoms with Gasteiger partial charge in [-0.2, -0.15) is 0 Å². The van der Waals surface area contributed by atoms with E-state index in [4.69, 9.17) is 0 Å². The van der Waals surface area contributed by atoms with Crippen LogP contribution in [0, 0.1) is 0 Å². The Hall–Kier alpha value is -1.30. The van der Waals surface area contributed by atoms with E-state index in [1.807, 2.05) is 12.1 Å². The monoisotopic (exact) mass is 218 g/mol. The van der Waals surface area contributed by atoms with Crippen LogP contribution in [0.1, 0.15) is 0 Å². The highest BCUT2D eigenvalue weighted by Crippen LogP contribution is 2.17. The maximum absolute atomic E-state index is 4.28. The molecule has 0 radical (unpaired) electrons. The molecule has 0 saturated carbocycles. The molecule has 0 aliphatic carbocycles. The van der Waals surface area contributed by atoms with Crippen LogP contribution in [0.25, 0.3) is 0 Å². The molecule has 1 nitrogen and oxygen atoms in total. The Morgan fingerprint density at radius 3 is 1.33 bits per heavy atom. The lowest BCUT2D eigenvalue weighted by molar-refractivity contribution is 0.824. The molecule has 0 spiro atoms. The summed E-state index contributed by atoms with van der Waals surface area (Å²) >= 11 is 0. The van der Waals surface area contributed by atoms with E-state index < -0.39 is 7.55 Å². The van der Waals surface area contributed by atoms with Gasteiger partial charge < -0.3 is 5.48 Å². The van der Waals surface area contributed by atoms with Gasteiger partial charge in [0.25, 0.3) is 0 Å². The lowest BCUT2D eigenvalue weighted by atomic mass is 10.4. The van der Waals surface area contributed by atoms with E-state index in [0.717, 1.165) is 0 Å². The predicted molar refractivity (Wildman–Crippen MR) is 71.2 cm³/mol. The van der Waals surface area contributed by atoms with Crippen molar-refractivity contribution in [3.8, 4) is 0 Å². The van der Waals surface area contributed by atoms with Crippen molar-refractivity contribution < 1.29 is 5.48 Å². The maximum Gasteiger partial charge on any atom is -0.0237 e. The molecule has 2 aromatic carbocycles. The second-order valence-electron chi connectivity index (χ2n) is 3.21. The van der Waals surface area contributed by atoms with Crippen LogP contribution in [0.4, 0.5) is 0 Å². The summed E-state index contributed by atoms with van der Waals surface area (Å²) in [5.41, 5.74) is 0. The van der Waals surface area contributed by atoms with Crippen LogP contribution in [0.5, 0.6) is 0 Å². The van der Waals surface area contributed by atoms with E-state index in [1.54, 1.807) is 0 Å². The summed E-state index contributed by atoms with van der Waals surface area (Å²) in [6.07, 6.45) is 4.28. The van der Waals surface area contributed by atoms with Crippen molar-refractivity contribution in [3.63, 3.8) is 0 Å². The number of rotatable bonds is 2. The van der Waals surface area contributed by atoms with Crippen molar-refractivity contribution in [2.24, 2.45) is 0 Å². The third-order valence-electron chi connectivity index (χ3n) is 2.24. The Bertz CT molecular complexity index is 381. The average molecular weight is 218 g/mol. The van der Waals surface area contributed by atoms with Gasteiger partial charge in [-0.3, -0.25) is 0 Å². The quantitative estimate of drug-likeness (QED) is 0.683. The smallest absolute Gasteiger partial charge is 0.0237 e. The van der Waals surface area contributed by atoms with Crippen LogP contribution in [0.15, 0.2) is 60.7 Å². The third-order valence-corrected chi connectivity index (χ3v) is 4.31. The number of benzene rings is 2. The fourth-order valence-corrected chi connectivity index (χ4v) is 2.97. The number of hydrogen-bond acceptors (Lipinski definition) is 0. The summed E-state index contributed by atoms with van der Waals surface area (Å²) in [6.45, 7) is 0. The average Bonchev–Trinajstić information content (AvgIpc) is 2.30. The topological polar surface area (TPSA) is 31.5 Å². The van der Waals surface area contributed by atoms with E-state index in [0.29, 0.717) is 0 Å². The molecule has 0 bridgehead atoms. The van der Waals surface area contributed by atoms with Crippen molar-refractivity contribution in [3.05, 3.63) is 60.7 Å². The Labute approximate surface area is 91.1 Å². The van der Waals surface area contributed by atoms with Crippen molar-refractivity contribution in [2.45, 2.75) is 0 Å². The first-order chi connectivity index (χ1) is 6.88. The van der Waals surface area contributed by atoms with Crippen LogP contribution in [0.3, 0.4) is 0 Å². The Balaban J connectivity index is 0.00000112.